The van der Waals surface area contributed by atoms with Crippen LogP contribution < -0.4 is 5.73 Å². The Hall–Kier alpha value is -2.50. The molecular formula is C12H12N4O2. The molecule has 0 aliphatic carbocycles. The summed E-state index contributed by atoms with van der Waals surface area (Å²) < 4.78 is 4.83. The molecule has 1 aromatic heterocycles. The highest BCUT2D eigenvalue weighted by Crippen LogP contribution is 2.14. The molecule has 0 amide bonds. The molecule has 0 radical (unpaired) electrons. The van der Waals surface area contributed by atoms with Crippen LogP contribution in [0.5, 0.6) is 0 Å². The number of hydrogen-bond donors (Lipinski definition) is 1. The molecule has 6 nitrogen and oxygen atoms in total. The van der Waals surface area contributed by atoms with Gasteiger partial charge in [-0.05, 0) is 6.92 Å². The molecule has 2 N–H and O–H groups in total. The maximum absolute atomic E-state index is 11.5. The number of nitrogens with zero attached hydrogens (tertiary/aromatic N) is 3. The molecule has 0 aliphatic heterocycles. The first kappa shape index (κ1) is 12.0. The van der Waals surface area contributed by atoms with Gasteiger partial charge in [0.15, 0.2) is 5.82 Å². The average Bonchev–Trinajstić information content (AvgIpc) is 2.39. The Morgan fingerprint density at radius 2 is 1.94 bits per heavy atom. The van der Waals surface area contributed by atoms with Crippen LogP contribution in [-0.4, -0.2) is 27.5 Å². The lowest BCUT2D eigenvalue weighted by Crippen LogP contribution is -2.13. The summed E-state index contributed by atoms with van der Waals surface area (Å²) in [6.45, 7) is 1.96. The van der Waals surface area contributed by atoms with Crippen molar-refractivity contribution in [2.45, 2.75) is 6.92 Å². The molecule has 0 bridgehead atoms. The Kier molecular flexibility index (Phi) is 3.47. The smallest absolute Gasteiger partial charge is 0.376 e. The lowest BCUT2D eigenvalue weighted by Gasteiger charge is -2.04. The molecule has 1 aromatic carbocycles. The predicted octanol–water partition coefficient (Wildman–Crippen LogP) is 1.30. The highest BCUT2D eigenvalue weighted by atomic mass is 16.5. The first-order chi connectivity index (χ1) is 8.70. The number of carbonyl (C=O) groups excluding carboxylic acids is 1. The van der Waals surface area contributed by atoms with Crippen LogP contribution in [0.2, 0.25) is 0 Å². The molecule has 2 rings (SSSR count). The first-order valence-corrected chi connectivity index (χ1v) is 5.45. The van der Waals surface area contributed by atoms with Gasteiger partial charge in [-0.2, -0.15) is 9.97 Å². The minimum atomic E-state index is -0.608. The molecular weight excluding hydrogens is 232 g/mol. The van der Waals surface area contributed by atoms with E-state index in [1.807, 2.05) is 30.3 Å². The standard InChI is InChI=1S/C12H12N4O2/c1-2-18-11(17)10-14-9(15-12(13)16-10)8-6-4-3-5-7-8/h3-7H,2H2,1H3,(H2,13,14,15,16). The lowest BCUT2D eigenvalue weighted by atomic mass is 10.2. The number of ether oxygens (including phenoxy) is 1. The second-order valence-corrected chi connectivity index (χ2v) is 3.43. The van der Waals surface area contributed by atoms with E-state index in [0.717, 1.165) is 5.56 Å². The van der Waals surface area contributed by atoms with Gasteiger partial charge in [0.1, 0.15) is 0 Å². The van der Waals surface area contributed by atoms with Crippen molar-refractivity contribution in [1.82, 2.24) is 15.0 Å². The maximum Gasteiger partial charge on any atom is 0.376 e. The zero-order valence-corrected chi connectivity index (χ0v) is 9.83. The Morgan fingerprint density at radius 1 is 1.22 bits per heavy atom. The van der Waals surface area contributed by atoms with Crippen LogP contribution in [0.25, 0.3) is 11.4 Å². The van der Waals surface area contributed by atoms with Crippen LogP contribution >= 0.6 is 0 Å². The summed E-state index contributed by atoms with van der Waals surface area (Å²) in [5, 5.41) is 0. The summed E-state index contributed by atoms with van der Waals surface area (Å²) in [4.78, 5) is 23.3. The normalized spacial score (nSPS) is 10.1. The number of hydrogen-bond acceptors (Lipinski definition) is 6. The van der Waals surface area contributed by atoms with Gasteiger partial charge >= 0.3 is 5.97 Å². The molecule has 18 heavy (non-hydrogen) atoms. The summed E-state index contributed by atoms with van der Waals surface area (Å²) >= 11 is 0. The summed E-state index contributed by atoms with van der Waals surface area (Å²) in [6.07, 6.45) is 0. The minimum Gasteiger partial charge on any atom is -0.460 e. The Labute approximate surface area is 104 Å². The molecule has 0 atom stereocenters. The van der Waals surface area contributed by atoms with Gasteiger partial charge < -0.3 is 10.5 Å². The van der Waals surface area contributed by atoms with E-state index < -0.39 is 5.97 Å². The summed E-state index contributed by atoms with van der Waals surface area (Å²) in [6, 6.07) is 9.21. The Bertz CT molecular complexity index is 557. The van der Waals surface area contributed by atoms with Crippen molar-refractivity contribution < 1.29 is 9.53 Å². The van der Waals surface area contributed by atoms with Crippen molar-refractivity contribution in [3.8, 4) is 11.4 Å². The van der Waals surface area contributed by atoms with E-state index >= 15 is 0 Å². The molecule has 0 unspecified atom stereocenters. The monoisotopic (exact) mass is 244 g/mol. The number of carbonyl (C=O) groups is 1. The van der Waals surface area contributed by atoms with Crippen molar-refractivity contribution in [3.05, 3.63) is 36.2 Å². The van der Waals surface area contributed by atoms with Crippen molar-refractivity contribution >= 4 is 11.9 Å². The molecule has 6 heteroatoms. The fourth-order valence-corrected chi connectivity index (χ4v) is 1.40. The summed E-state index contributed by atoms with van der Waals surface area (Å²) in [5.74, 6) is -0.343. The highest BCUT2D eigenvalue weighted by molar-refractivity contribution is 5.85. The average molecular weight is 244 g/mol. The number of anilines is 1. The quantitative estimate of drug-likeness (QED) is 0.818. The van der Waals surface area contributed by atoms with Crippen molar-refractivity contribution in [2.24, 2.45) is 0 Å². The summed E-state index contributed by atoms with van der Waals surface area (Å²) in [5.41, 5.74) is 6.32. The second-order valence-electron chi connectivity index (χ2n) is 3.43. The molecule has 0 spiro atoms. The van der Waals surface area contributed by atoms with E-state index in [-0.39, 0.29) is 18.4 Å². The van der Waals surface area contributed by atoms with E-state index in [1.165, 1.54) is 0 Å². The van der Waals surface area contributed by atoms with Crippen molar-refractivity contribution in [3.63, 3.8) is 0 Å². The van der Waals surface area contributed by atoms with E-state index in [9.17, 15) is 4.79 Å². The number of aromatic nitrogens is 3. The highest BCUT2D eigenvalue weighted by Gasteiger charge is 2.14. The molecule has 0 aliphatic rings. The van der Waals surface area contributed by atoms with E-state index in [2.05, 4.69) is 15.0 Å². The van der Waals surface area contributed by atoms with Gasteiger partial charge in [0.2, 0.25) is 11.8 Å². The van der Waals surface area contributed by atoms with Crippen LogP contribution in [0.4, 0.5) is 5.95 Å². The largest absolute Gasteiger partial charge is 0.460 e. The van der Waals surface area contributed by atoms with Crippen LogP contribution in [0.3, 0.4) is 0 Å². The van der Waals surface area contributed by atoms with Crippen LogP contribution in [0, 0.1) is 0 Å². The third-order valence-corrected chi connectivity index (χ3v) is 2.14. The van der Waals surface area contributed by atoms with Gasteiger partial charge in [0.25, 0.3) is 0 Å². The number of rotatable bonds is 3. The lowest BCUT2D eigenvalue weighted by molar-refractivity contribution is 0.0512. The van der Waals surface area contributed by atoms with Gasteiger partial charge in [-0.15, -0.1) is 0 Å². The molecule has 0 saturated carbocycles. The van der Waals surface area contributed by atoms with Gasteiger partial charge in [-0.25, -0.2) is 9.78 Å². The predicted molar refractivity (Wildman–Crippen MR) is 65.6 cm³/mol. The molecule has 92 valence electrons. The molecule has 1 heterocycles. The van der Waals surface area contributed by atoms with Crippen LogP contribution in [0.15, 0.2) is 30.3 Å². The summed E-state index contributed by atoms with van der Waals surface area (Å²) in [7, 11) is 0. The van der Waals surface area contributed by atoms with Crippen molar-refractivity contribution in [2.75, 3.05) is 12.3 Å². The SMILES string of the molecule is CCOC(=O)c1nc(N)nc(-c2ccccc2)n1. The van der Waals surface area contributed by atoms with Gasteiger partial charge in [-0.1, -0.05) is 30.3 Å². The second kappa shape index (κ2) is 5.22. The third-order valence-electron chi connectivity index (χ3n) is 2.14. The minimum absolute atomic E-state index is 0.00749. The van der Waals surface area contributed by atoms with E-state index in [4.69, 9.17) is 10.5 Å². The van der Waals surface area contributed by atoms with Gasteiger partial charge in [0.05, 0.1) is 6.61 Å². The van der Waals surface area contributed by atoms with Gasteiger partial charge in [-0.3, -0.25) is 0 Å². The Balaban J connectivity index is 2.41. The van der Waals surface area contributed by atoms with Gasteiger partial charge in [0, 0.05) is 5.56 Å². The molecule has 2 aromatic rings. The maximum atomic E-state index is 11.5. The number of benzene rings is 1. The molecule has 0 saturated heterocycles. The third kappa shape index (κ3) is 2.60. The topological polar surface area (TPSA) is 91.0 Å². The first-order valence-electron chi connectivity index (χ1n) is 5.45. The number of nitrogen functional groups attached to an aromatic ring is 1. The van der Waals surface area contributed by atoms with Crippen LogP contribution in [-0.2, 0) is 4.74 Å². The number of esters is 1. The molecule has 0 fully saturated rings. The zero-order valence-electron chi connectivity index (χ0n) is 9.83. The van der Waals surface area contributed by atoms with E-state index in [0.29, 0.717) is 5.82 Å². The fourth-order valence-electron chi connectivity index (χ4n) is 1.40. The number of nitrogens with two attached hydrogens (primary N) is 1. The van der Waals surface area contributed by atoms with Crippen molar-refractivity contribution in [1.29, 1.82) is 0 Å². The Morgan fingerprint density at radius 3 is 2.61 bits per heavy atom. The zero-order chi connectivity index (χ0) is 13.0. The van der Waals surface area contributed by atoms with E-state index in [1.54, 1.807) is 6.92 Å². The fraction of sp³-hybridized carbons (Fsp3) is 0.167. The van der Waals surface area contributed by atoms with Crippen LogP contribution in [0.1, 0.15) is 17.5 Å².